The Labute approximate surface area is 341 Å². The lowest BCUT2D eigenvalue weighted by Crippen LogP contribution is -2.54. The summed E-state index contributed by atoms with van der Waals surface area (Å²) in [5.41, 5.74) is 3.02. The summed E-state index contributed by atoms with van der Waals surface area (Å²) >= 11 is 12.7. The van der Waals surface area contributed by atoms with Crippen molar-refractivity contribution in [3.63, 3.8) is 0 Å². The maximum Gasteiger partial charge on any atom is 0.339 e. The quantitative estimate of drug-likeness (QED) is 0.102. The number of phenolic OH excluding ortho intramolecular Hbond substituents is 1. The first-order valence-corrected chi connectivity index (χ1v) is 19.0. The Morgan fingerprint density at radius 2 is 1.62 bits per heavy atom. The molecular formula is C43H35Cl2N3O10. The molecule has 2 saturated heterocycles. The number of anilines is 2. The van der Waals surface area contributed by atoms with Crippen molar-refractivity contribution in [2.24, 2.45) is 29.6 Å². The summed E-state index contributed by atoms with van der Waals surface area (Å²) < 4.78 is 10.8. The Morgan fingerprint density at radius 3 is 2.29 bits per heavy atom. The highest BCUT2D eigenvalue weighted by Gasteiger charge is 2.69. The predicted molar refractivity (Wildman–Crippen MR) is 213 cm³/mol. The van der Waals surface area contributed by atoms with Crippen molar-refractivity contribution in [2.45, 2.75) is 18.3 Å². The summed E-state index contributed by atoms with van der Waals surface area (Å²) in [6.45, 7) is 0. The van der Waals surface area contributed by atoms with E-state index in [4.69, 9.17) is 32.7 Å². The normalized spacial score (nSPS) is 25.0. The van der Waals surface area contributed by atoms with E-state index in [0.717, 1.165) is 22.0 Å². The lowest BCUT2D eigenvalue weighted by atomic mass is 9.50. The Balaban J connectivity index is 1.29. The van der Waals surface area contributed by atoms with Gasteiger partial charge < -0.3 is 24.8 Å². The summed E-state index contributed by atoms with van der Waals surface area (Å²) in [4.78, 5) is 71.5. The number of hydrazine groups is 1. The van der Waals surface area contributed by atoms with Crippen LogP contribution in [0.25, 0.3) is 6.08 Å². The fourth-order valence-corrected chi connectivity index (χ4v) is 9.64. The Bertz CT molecular complexity index is 2490. The molecule has 4 N–H and O–H groups in total. The third-order valence-electron chi connectivity index (χ3n) is 11.8. The number of carboxylic acids is 1. The molecule has 13 nitrogen and oxygen atoms in total. The summed E-state index contributed by atoms with van der Waals surface area (Å²) in [7, 11) is 2.93. The number of imide groups is 2. The number of aromatic carboxylic acids is 1. The van der Waals surface area contributed by atoms with E-state index in [1.165, 1.54) is 32.4 Å². The van der Waals surface area contributed by atoms with Crippen LogP contribution < -0.4 is 19.8 Å². The molecule has 0 spiro atoms. The van der Waals surface area contributed by atoms with Crippen molar-refractivity contribution in [2.75, 3.05) is 24.5 Å². The number of nitrogens with one attached hydrogen (secondary N) is 1. The first-order valence-electron chi connectivity index (χ1n) is 18.2. The van der Waals surface area contributed by atoms with Crippen molar-refractivity contribution in [3.8, 4) is 23.0 Å². The topological polar surface area (TPSA) is 183 Å². The third-order valence-corrected chi connectivity index (χ3v) is 12.3. The number of carbonyl (C=O) groups is 5. The van der Waals surface area contributed by atoms with Crippen LogP contribution in [0.4, 0.5) is 11.4 Å². The minimum Gasteiger partial charge on any atom is -0.507 e. The molecule has 3 fully saturated rings. The second-order valence-corrected chi connectivity index (χ2v) is 15.4. The van der Waals surface area contributed by atoms with Crippen molar-refractivity contribution in [1.82, 2.24) is 5.01 Å². The summed E-state index contributed by atoms with van der Waals surface area (Å²) in [6.07, 6.45) is 5.58. The molecule has 0 unspecified atom stereocenters. The molecule has 58 heavy (non-hydrogen) atoms. The van der Waals surface area contributed by atoms with Gasteiger partial charge in [0, 0.05) is 17.0 Å². The molecular weight excluding hydrogens is 789 g/mol. The number of hydrogen-bond acceptors (Lipinski definition) is 10. The van der Waals surface area contributed by atoms with E-state index >= 15 is 4.79 Å². The number of halogens is 2. The number of nitrogens with zero attached hydrogens (tertiary/aromatic N) is 2. The van der Waals surface area contributed by atoms with Crippen molar-refractivity contribution in [3.05, 3.63) is 123 Å². The highest BCUT2D eigenvalue weighted by Crippen LogP contribution is 2.62. The number of carbonyl (C=O) groups excluding carboxylic acids is 4. The largest absolute Gasteiger partial charge is 0.507 e. The number of allylic oxidation sites excluding steroid dienone is 3. The van der Waals surface area contributed by atoms with Crippen LogP contribution in [0.2, 0.25) is 10.0 Å². The first-order chi connectivity index (χ1) is 27.8. The lowest BCUT2D eigenvalue weighted by molar-refractivity contribution is -0.139. The van der Waals surface area contributed by atoms with E-state index in [2.05, 4.69) is 5.43 Å². The van der Waals surface area contributed by atoms with Gasteiger partial charge in [0.05, 0.1) is 53.8 Å². The average molecular weight is 825 g/mol. The number of fused-ring (bicyclic) bond motifs is 4. The molecule has 6 atom stereocenters. The van der Waals surface area contributed by atoms with Crippen molar-refractivity contribution < 1.29 is 48.8 Å². The van der Waals surface area contributed by atoms with E-state index in [-0.39, 0.29) is 40.7 Å². The monoisotopic (exact) mass is 823 g/mol. The van der Waals surface area contributed by atoms with Gasteiger partial charge in [0.1, 0.15) is 17.1 Å². The van der Waals surface area contributed by atoms with Crippen molar-refractivity contribution in [1.29, 1.82) is 0 Å². The number of amides is 4. The molecule has 0 bridgehead atoms. The fraction of sp³-hybridized carbons (Fsp3) is 0.233. The number of ether oxygens (including phenoxy) is 2. The van der Waals surface area contributed by atoms with Crippen LogP contribution >= 0.6 is 23.2 Å². The number of rotatable bonds is 9. The number of methoxy groups -OCH3 is 2. The van der Waals surface area contributed by atoms with E-state index in [9.17, 15) is 34.5 Å². The number of phenols is 2. The molecule has 4 aromatic rings. The van der Waals surface area contributed by atoms with Gasteiger partial charge in [-0.15, -0.1) is 0 Å². The molecule has 2 heterocycles. The van der Waals surface area contributed by atoms with Crippen LogP contribution in [0.5, 0.6) is 23.0 Å². The second-order valence-electron chi connectivity index (χ2n) is 14.6. The van der Waals surface area contributed by atoms with Gasteiger partial charge in [0.15, 0.2) is 11.5 Å². The molecule has 296 valence electrons. The Morgan fingerprint density at radius 1 is 0.862 bits per heavy atom. The predicted octanol–water partition coefficient (Wildman–Crippen LogP) is 6.86. The molecule has 4 aromatic carbocycles. The average Bonchev–Trinajstić information content (AvgIpc) is 3.59. The van der Waals surface area contributed by atoms with Crippen LogP contribution in [-0.4, -0.2) is 64.1 Å². The Hall–Kier alpha value is -6.31. The molecule has 4 aliphatic rings. The smallest absolute Gasteiger partial charge is 0.339 e. The molecule has 2 aliphatic carbocycles. The molecule has 15 heteroatoms. The van der Waals surface area contributed by atoms with Crippen LogP contribution in [0.3, 0.4) is 0 Å². The maximum absolute atomic E-state index is 15.4. The Kier molecular flexibility index (Phi) is 9.68. The molecule has 2 aliphatic heterocycles. The van der Waals surface area contributed by atoms with E-state index < -0.39 is 75.9 Å². The van der Waals surface area contributed by atoms with Gasteiger partial charge in [-0.05, 0) is 84.5 Å². The van der Waals surface area contributed by atoms with E-state index in [0.29, 0.717) is 27.5 Å². The lowest BCUT2D eigenvalue weighted by Gasteiger charge is -2.49. The van der Waals surface area contributed by atoms with Crippen LogP contribution in [0, 0.1) is 29.6 Å². The molecule has 0 radical (unpaired) electrons. The summed E-state index contributed by atoms with van der Waals surface area (Å²) in [6, 6.07) is 19.7. The zero-order chi connectivity index (χ0) is 41.2. The molecule has 8 rings (SSSR count). The minimum atomic E-state index is -1.59. The SMILES string of the molecule is COc1ccc([C@@]23C(=O)N(Nc4ccc(Cl)cc4Cl)C(=O)[C@@H]2C[C@@H]2C(=CC[C@@H]4C(=O)N(c5ccc(C(=O)O)c(O)c5)C(=O)[C@@H]42)[C@@H]3C=Cc2ccc(O)c(OC)c2)cc1. The summed E-state index contributed by atoms with van der Waals surface area (Å²) in [5.74, 6) is -8.04. The zero-order valence-corrected chi connectivity index (χ0v) is 32.4. The number of benzene rings is 4. The standard InChI is InChI=1S/C43H35Cl2N3O10/c1-57-25-9-5-22(6-10-25)43-30(14-3-21-4-16-34(49)36(17-21)58-2)26-12-13-28-37(40(53)47(38(28)51)24-8-11-27(41(54)55)35(50)19-24)29(26)20-31(43)39(52)48(42(43)56)46-33-15-7-23(44)18-32(33)45/h3-12,14-19,28-31,37,46,49-50H,13,20H2,1-2H3,(H,54,55)/t28-,29+,30-,31-,37-,43-/m0/s1. The van der Waals surface area contributed by atoms with Crippen LogP contribution in [0.15, 0.2) is 96.6 Å². The third kappa shape index (κ3) is 5.95. The van der Waals surface area contributed by atoms with Gasteiger partial charge in [-0.3, -0.25) is 24.6 Å². The van der Waals surface area contributed by atoms with Gasteiger partial charge in [0.25, 0.3) is 11.8 Å². The maximum atomic E-state index is 15.4. The van der Waals surface area contributed by atoms with E-state index in [1.54, 1.807) is 54.6 Å². The number of aromatic hydroxyl groups is 2. The highest BCUT2D eigenvalue weighted by atomic mass is 35.5. The van der Waals surface area contributed by atoms with Gasteiger partial charge in [-0.25, -0.2) is 9.69 Å². The zero-order valence-electron chi connectivity index (χ0n) is 30.9. The van der Waals surface area contributed by atoms with Crippen LogP contribution in [-0.2, 0) is 24.6 Å². The van der Waals surface area contributed by atoms with Crippen molar-refractivity contribution >= 4 is 70.3 Å². The molecule has 0 aromatic heterocycles. The number of hydrogen-bond donors (Lipinski definition) is 4. The van der Waals surface area contributed by atoms with E-state index in [1.807, 2.05) is 12.2 Å². The summed E-state index contributed by atoms with van der Waals surface area (Å²) in [5, 5.41) is 31.7. The number of carboxylic acid groups (broad SMARTS) is 1. The minimum absolute atomic E-state index is 0.00354. The van der Waals surface area contributed by atoms with Gasteiger partial charge in [-0.2, -0.15) is 5.01 Å². The van der Waals surface area contributed by atoms with Gasteiger partial charge in [-0.1, -0.05) is 65.2 Å². The molecule has 1 saturated carbocycles. The fourth-order valence-electron chi connectivity index (χ4n) is 9.19. The van der Waals surface area contributed by atoms with Gasteiger partial charge >= 0.3 is 5.97 Å². The second kappa shape index (κ2) is 14.6. The van der Waals surface area contributed by atoms with Crippen LogP contribution in [0.1, 0.15) is 34.3 Å². The molecule has 4 amide bonds. The first kappa shape index (κ1) is 38.6. The van der Waals surface area contributed by atoms with Gasteiger partial charge in [0.2, 0.25) is 11.8 Å². The highest BCUT2D eigenvalue weighted by molar-refractivity contribution is 6.36.